The number of thiocarbonyl (C=S) groups is 1. The summed E-state index contributed by atoms with van der Waals surface area (Å²) in [6.45, 7) is 9.40. The lowest BCUT2D eigenvalue weighted by atomic mass is 9.99. The molecule has 0 radical (unpaired) electrons. The van der Waals surface area contributed by atoms with Gasteiger partial charge in [-0.2, -0.15) is 0 Å². The SMILES string of the molecule is CCOc1cccc(NC(=S)N[C@@H](C)c2ccc(N3CCC[C@@H](C)C3)cc2)c1. The fourth-order valence-corrected chi connectivity index (χ4v) is 3.97. The molecule has 1 saturated heterocycles. The summed E-state index contributed by atoms with van der Waals surface area (Å²) in [7, 11) is 0. The zero-order valence-corrected chi connectivity index (χ0v) is 17.9. The summed E-state index contributed by atoms with van der Waals surface area (Å²) < 4.78 is 5.54. The van der Waals surface area contributed by atoms with E-state index in [-0.39, 0.29) is 6.04 Å². The van der Waals surface area contributed by atoms with Gasteiger partial charge in [0.2, 0.25) is 0 Å². The highest BCUT2D eigenvalue weighted by atomic mass is 32.1. The molecule has 2 aromatic rings. The molecule has 5 heteroatoms. The van der Waals surface area contributed by atoms with Gasteiger partial charge in [0, 0.05) is 30.5 Å². The van der Waals surface area contributed by atoms with Crippen molar-refractivity contribution in [2.45, 2.75) is 39.7 Å². The molecule has 28 heavy (non-hydrogen) atoms. The van der Waals surface area contributed by atoms with Crippen LogP contribution in [0.15, 0.2) is 48.5 Å². The maximum absolute atomic E-state index is 5.54. The number of hydrogen-bond acceptors (Lipinski definition) is 3. The maximum Gasteiger partial charge on any atom is 0.171 e. The van der Waals surface area contributed by atoms with E-state index in [2.05, 4.69) is 53.6 Å². The molecule has 0 aliphatic carbocycles. The van der Waals surface area contributed by atoms with Crippen LogP contribution in [0, 0.1) is 5.92 Å². The summed E-state index contributed by atoms with van der Waals surface area (Å²) in [5.74, 6) is 1.62. The van der Waals surface area contributed by atoms with Gasteiger partial charge >= 0.3 is 0 Å². The third kappa shape index (κ3) is 5.61. The third-order valence-electron chi connectivity index (χ3n) is 5.17. The van der Waals surface area contributed by atoms with E-state index in [1.54, 1.807) is 0 Å². The van der Waals surface area contributed by atoms with Crippen LogP contribution in [0.5, 0.6) is 5.75 Å². The predicted molar refractivity (Wildman–Crippen MR) is 122 cm³/mol. The summed E-state index contributed by atoms with van der Waals surface area (Å²) in [6, 6.07) is 16.8. The Hall–Kier alpha value is -2.27. The quantitative estimate of drug-likeness (QED) is 0.641. The normalized spacial score (nSPS) is 17.7. The van der Waals surface area contributed by atoms with Crippen molar-refractivity contribution in [3.63, 3.8) is 0 Å². The molecule has 4 nitrogen and oxygen atoms in total. The Morgan fingerprint density at radius 1 is 1.25 bits per heavy atom. The van der Waals surface area contributed by atoms with Crippen LogP contribution in [0.2, 0.25) is 0 Å². The van der Waals surface area contributed by atoms with Crippen molar-refractivity contribution in [2.75, 3.05) is 29.9 Å². The van der Waals surface area contributed by atoms with Gasteiger partial charge in [0.05, 0.1) is 12.6 Å². The van der Waals surface area contributed by atoms with Crippen LogP contribution in [0.25, 0.3) is 0 Å². The minimum absolute atomic E-state index is 0.129. The molecular formula is C23H31N3OS. The standard InChI is InChI=1S/C23H31N3OS/c1-4-27-22-9-5-8-20(15-22)25-23(28)24-18(3)19-10-12-21(13-11-19)26-14-6-7-17(2)16-26/h5,8-13,15,17-18H,4,6-7,14,16H2,1-3H3,(H2,24,25,28)/t17-,18+/m1/s1. The minimum Gasteiger partial charge on any atom is -0.494 e. The number of rotatable bonds is 6. The van der Waals surface area contributed by atoms with E-state index in [1.165, 1.54) is 24.1 Å². The van der Waals surface area contributed by atoms with Gasteiger partial charge in [0.1, 0.15) is 5.75 Å². The first-order chi connectivity index (χ1) is 13.5. The van der Waals surface area contributed by atoms with E-state index in [0.29, 0.717) is 11.7 Å². The zero-order valence-electron chi connectivity index (χ0n) is 17.1. The fourth-order valence-electron chi connectivity index (χ4n) is 3.68. The van der Waals surface area contributed by atoms with Gasteiger partial charge in [-0.3, -0.25) is 0 Å². The molecule has 1 aliphatic rings. The van der Waals surface area contributed by atoms with Crippen LogP contribution in [0.3, 0.4) is 0 Å². The molecule has 0 unspecified atom stereocenters. The summed E-state index contributed by atoms with van der Waals surface area (Å²) in [6.07, 6.45) is 2.62. The van der Waals surface area contributed by atoms with E-state index >= 15 is 0 Å². The van der Waals surface area contributed by atoms with Crippen molar-refractivity contribution in [1.29, 1.82) is 0 Å². The van der Waals surface area contributed by atoms with Crippen LogP contribution in [-0.4, -0.2) is 24.8 Å². The molecule has 2 aromatic carbocycles. The lowest BCUT2D eigenvalue weighted by Crippen LogP contribution is -2.34. The number of benzene rings is 2. The van der Waals surface area contributed by atoms with Crippen LogP contribution >= 0.6 is 12.2 Å². The average Bonchev–Trinajstić information content (AvgIpc) is 2.68. The van der Waals surface area contributed by atoms with Crippen LogP contribution in [0.1, 0.15) is 45.2 Å². The zero-order chi connectivity index (χ0) is 19.9. The Morgan fingerprint density at radius 3 is 2.75 bits per heavy atom. The van der Waals surface area contributed by atoms with Crippen molar-refractivity contribution < 1.29 is 4.74 Å². The smallest absolute Gasteiger partial charge is 0.171 e. The van der Waals surface area contributed by atoms with Crippen molar-refractivity contribution in [1.82, 2.24) is 5.32 Å². The average molecular weight is 398 g/mol. The highest BCUT2D eigenvalue weighted by Gasteiger charge is 2.17. The predicted octanol–water partition coefficient (Wildman–Crippen LogP) is 5.37. The largest absolute Gasteiger partial charge is 0.494 e. The molecular weight excluding hydrogens is 366 g/mol. The molecule has 150 valence electrons. The molecule has 0 saturated carbocycles. The van der Waals surface area contributed by atoms with Gasteiger partial charge in [-0.25, -0.2) is 0 Å². The van der Waals surface area contributed by atoms with Gasteiger partial charge < -0.3 is 20.3 Å². The Kier molecular flexibility index (Phi) is 7.15. The van der Waals surface area contributed by atoms with E-state index in [9.17, 15) is 0 Å². The summed E-state index contributed by atoms with van der Waals surface area (Å²) in [5, 5.41) is 7.22. The number of nitrogens with one attached hydrogen (secondary N) is 2. The first-order valence-electron chi connectivity index (χ1n) is 10.2. The van der Waals surface area contributed by atoms with Crippen LogP contribution < -0.4 is 20.3 Å². The number of anilines is 2. The number of ether oxygens (including phenoxy) is 1. The molecule has 0 amide bonds. The maximum atomic E-state index is 5.54. The molecule has 0 aromatic heterocycles. The van der Waals surface area contributed by atoms with Crippen molar-refractivity contribution in [2.24, 2.45) is 5.92 Å². The molecule has 2 atom stereocenters. The van der Waals surface area contributed by atoms with Crippen LogP contribution in [-0.2, 0) is 0 Å². The lowest BCUT2D eigenvalue weighted by molar-refractivity contribution is 0.340. The summed E-state index contributed by atoms with van der Waals surface area (Å²) in [4.78, 5) is 2.49. The van der Waals surface area contributed by atoms with Gasteiger partial charge in [0.15, 0.2) is 5.11 Å². The highest BCUT2D eigenvalue weighted by molar-refractivity contribution is 7.80. The van der Waals surface area contributed by atoms with E-state index in [0.717, 1.165) is 30.4 Å². The monoisotopic (exact) mass is 397 g/mol. The van der Waals surface area contributed by atoms with Crippen molar-refractivity contribution in [3.05, 3.63) is 54.1 Å². The minimum atomic E-state index is 0.129. The first-order valence-corrected chi connectivity index (χ1v) is 10.6. The fraction of sp³-hybridized carbons (Fsp3) is 0.435. The second-order valence-corrected chi connectivity index (χ2v) is 7.97. The highest BCUT2D eigenvalue weighted by Crippen LogP contribution is 2.25. The van der Waals surface area contributed by atoms with Crippen LogP contribution in [0.4, 0.5) is 11.4 Å². The Labute approximate surface area is 174 Å². The van der Waals surface area contributed by atoms with E-state index in [1.807, 2.05) is 31.2 Å². The summed E-state index contributed by atoms with van der Waals surface area (Å²) >= 11 is 5.49. The molecule has 0 spiro atoms. The van der Waals surface area contributed by atoms with Gasteiger partial charge in [-0.1, -0.05) is 25.1 Å². The van der Waals surface area contributed by atoms with Crippen molar-refractivity contribution >= 4 is 28.7 Å². The lowest BCUT2D eigenvalue weighted by Gasteiger charge is -2.33. The first kappa shape index (κ1) is 20.5. The van der Waals surface area contributed by atoms with Gasteiger partial charge in [-0.15, -0.1) is 0 Å². The summed E-state index contributed by atoms with van der Waals surface area (Å²) in [5.41, 5.74) is 3.46. The number of nitrogens with zero attached hydrogens (tertiary/aromatic N) is 1. The Balaban J connectivity index is 1.55. The molecule has 2 N–H and O–H groups in total. The van der Waals surface area contributed by atoms with Gasteiger partial charge in [0.25, 0.3) is 0 Å². The molecule has 1 fully saturated rings. The molecule has 1 aliphatic heterocycles. The molecule has 0 bridgehead atoms. The third-order valence-corrected chi connectivity index (χ3v) is 5.39. The topological polar surface area (TPSA) is 36.5 Å². The second-order valence-electron chi connectivity index (χ2n) is 7.57. The van der Waals surface area contributed by atoms with E-state index < -0.39 is 0 Å². The Morgan fingerprint density at radius 2 is 2.04 bits per heavy atom. The second kappa shape index (κ2) is 9.78. The van der Waals surface area contributed by atoms with E-state index in [4.69, 9.17) is 17.0 Å². The van der Waals surface area contributed by atoms with Gasteiger partial charge in [-0.05, 0) is 74.7 Å². The number of hydrogen-bond donors (Lipinski definition) is 2. The Bertz CT molecular complexity index is 778. The van der Waals surface area contributed by atoms with Crippen molar-refractivity contribution in [3.8, 4) is 5.75 Å². The molecule has 1 heterocycles. The molecule has 3 rings (SSSR count). The number of piperidine rings is 1.